The summed E-state index contributed by atoms with van der Waals surface area (Å²) in [4.78, 5) is 5.07. The molecule has 0 aliphatic carbocycles. The van der Waals surface area contributed by atoms with Crippen LogP contribution in [0.5, 0.6) is 0 Å². The Morgan fingerprint density at radius 2 is 1.19 bits per heavy atom. The van der Waals surface area contributed by atoms with Crippen molar-refractivity contribution in [3.05, 3.63) is 90.0 Å². The van der Waals surface area contributed by atoms with Crippen molar-refractivity contribution in [2.75, 3.05) is 0 Å². The normalized spacial score (nSPS) is 10.9. The highest BCUT2D eigenvalue weighted by Gasteiger charge is 2.19. The summed E-state index contributed by atoms with van der Waals surface area (Å²) in [5, 5.41) is 0. The van der Waals surface area contributed by atoms with Gasteiger partial charge in [-0.2, -0.15) is 0 Å². The first-order valence-corrected chi connectivity index (χ1v) is 8.90. The Morgan fingerprint density at radius 3 is 1.77 bits per heavy atom. The van der Waals surface area contributed by atoms with Crippen LogP contribution in [0.15, 0.2) is 78.9 Å². The van der Waals surface area contributed by atoms with Crippen molar-refractivity contribution in [3.63, 3.8) is 0 Å². The summed E-state index contributed by atoms with van der Waals surface area (Å²) < 4.78 is 2.21. The van der Waals surface area contributed by atoms with Gasteiger partial charge < -0.3 is 4.57 Å². The lowest BCUT2D eigenvalue weighted by Gasteiger charge is -2.09. The van der Waals surface area contributed by atoms with Crippen molar-refractivity contribution in [1.82, 2.24) is 9.55 Å². The summed E-state index contributed by atoms with van der Waals surface area (Å²) in [6.07, 6.45) is 0. The highest BCUT2D eigenvalue weighted by atomic mass is 15.1. The van der Waals surface area contributed by atoms with Gasteiger partial charge in [0.05, 0.1) is 11.4 Å². The molecule has 0 spiro atoms. The smallest absolute Gasteiger partial charge is 0.140 e. The van der Waals surface area contributed by atoms with Gasteiger partial charge in [-0.1, -0.05) is 77.9 Å². The van der Waals surface area contributed by atoms with Gasteiger partial charge in [0.25, 0.3) is 0 Å². The van der Waals surface area contributed by atoms with E-state index >= 15 is 0 Å². The summed E-state index contributed by atoms with van der Waals surface area (Å²) in [6, 6.07) is 27.5. The molecule has 4 rings (SSSR count). The predicted octanol–water partition coefficient (Wildman–Crippen LogP) is 6.04. The zero-order chi connectivity index (χ0) is 18.1. The zero-order valence-electron chi connectivity index (χ0n) is 15.4. The van der Waals surface area contributed by atoms with Crippen LogP contribution in [0, 0.1) is 13.8 Å². The van der Waals surface area contributed by atoms with Gasteiger partial charge in [0.1, 0.15) is 5.82 Å². The molecule has 128 valence electrons. The number of nitrogens with zero attached hydrogens (tertiary/aromatic N) is 2. The fourth-order valence-electron chi connectivity index (χ4n) is 3.58. The lowest BCUT2D eigenvalue weighted by molar-refractivity contribution is 0.932. The van der Waals surface area contributed by atoms with Crippen LogP contribution in [0.3, 0.4) is 0 Å². The zero-order valence-corrected chi connectivity index (χ0v) is 15.4. The van der Waals surface area contributed by atoms with Gasteiger partial charge in [-0.3, -0.25) is 0 Å². The molecule has 26 heavy (non-hydrogen) atoms. The van der Waals surface area contributed by atoms with E-state index < -0.39 is 0 Å². The predicted molar refractivity (Wildman–Crippen MR) is 109 cm³/mol. The minimum absolute atomic E-state index is 0.995. The van der Waals surface area contributed by atoms with E-state index in [2.05, 4.69) is 92.2 Å². The molecule has 1 aromatic heterocycles. The second-order valence-corrected chi connectivity index (χ2v) is 6.80. The molecule has 2 nitrogen and oxygen atoms in total. The van der Waals surface area contributed by atoms with Crippen LogP contribution in [0.1, 0.15) is 11.1 Å². The Kier molecular flexibility index (Phi) is 4.18. The third-order valence-corrected chi connectivity index (χ3v) is 4.67. The van der Waals surface area contributed by atoms with Crippen molar-refractivity contribution in [2.24, 2.45) is 7.05 Å². The first-order valence-electron chi connectivity index (χ1n) is 8.90. The number of rotatable bonds is 3. The maximum absolute atomic E-state index is 5.07. The second-order valence-electron chi connectivity index (χ2n) is 6.80. The molecule has 0 saturated heterocycles. The fourth-order valence-corrected chi connectivity index (χ4v) is 3.58. The molecule has 0 saturated carbocycles. The Hall–Kier alpha value is -3.13. The molecule has 0 radical (unpaired) electrons. The molecule has 2 heteroatoms. The maximum Gasteiger partial charge on any atom is 0.140 e. The summed E-state index contributed by atoms with van der Waals surface area (Å²) in [5.74, 6) is 0.995. The van der Waals surface area contributed by atoms with Crippen molar-refractivity contribution in [3.8, 4) is 33.9 Å². The number of hydrogen-bond donors (Lipinski definition) is 0. The Morgan fingerprint density at radius 1 is 0.654 bits per heavy atom. The molecular formula is C24H22N2. The molecule has 0 aliphatic heterocycles. The minimum atomic E-state index is 0.995. The van der Waals surface area contributed by atoms with Crippen molar-refractivity contribution < 1.29 is 0 Å². The minimum Gasteiger partial charge on any atom is -0.327 e. The van der Waals surface area contributed by atoms with E-state index in [4.69, 9.17) is 4.98 Å². The molecule has 0 N–H and O–H groups in total. The van der Waals surface area contributed by atoms with Crippen LogP contribution in [-0.2, 0) is 7.05 Å². The summed E-state index contributed by atoms with van der Waals surface area (Å²) in [6.45, 7) is 4.27. The first kappa shape index (κ1) is 16.3. The maximum atomic E-state index is 5.07. The average molecular weight is 338 g/mol. The Balaban J connectivity index is 1.99. The third-order valence-electron chi connectivity index (χ3n) is 4.67. The molecule has 0 aliphatic rings. The topological polar surface area (TPSA) is 17.8 Å². The molecule has 0 amide bonds. The fraction of sp³-hybridized carbons (Fsp3) is 0.125. The molecule has 3 aromatic carbocycles. The summed E-state index contributed by atoms with van der Waals surface area (Å²) >= 11 is 0. The van der Waals surface area contributed by atoms with Gasteiger partial charge in [0.15, 0.2) is 0 Å². The number of aryl methyl sites for hydroxylation is 2. The van der Waals surface area contributed by atoms with Gasteiger partial charge in [0, 0.05) is 23.7 Å². The molecular weight excluding hydrogens is 316 g/mol. The lowest BCUT2D eigenvalue weighted by Crippen LogP contribution is -1.96. The van der Waals surface area contributed by atoms with Crippen LogP contribution in [0.25, 0.3) is 33.9 Å². The monoisotopic (exact) mass is 338 g/mol. The van der Waals surface area contributed by atoms with E-state index in [-0.39, 0.29) is 0 Å². The molecule has 0 atom stereocenters. The summed E-state index contributed by atoms with van der Waals surface area (Å²) in [5.41, 5.74) is 8.15. The van der Waals surface area contributed by atoms with E-state index in [1.54, 1.807) is 0 Å². The van der Waals surface area contributed by atoms with Crippen molar-refractivity contribution in [1.29, 1.82) is 0 Å². The van der Waals surface area contributed by atoms with Gasteiger partial charge in [-0.15, -0.1) is 0 Å². The van der Waals surface area contributed by atoms with Gasteiger partial charge >= 0.3 is 0 Å². The van der Waals surface area contributed by atoms with Gasteiger partial charge in [-0.25, -0.2) is 4.98 Å². The first-order chi connectivity index (χ1) is 12.6. The van der Waals surface area contributed by atoms with Crippen LogP contribution in [-0.4, -0.2) is 9.55 Å². The molecule has 0 fully saturated rings. The van der Waals surface area contributed by atoms with E-state index in [0.717, 1.165) is 28.3 Å². The highest BCUT2D eigenvalue weighted by molar-refractivity contribution is 5.82. The van der Waals surface area contributed by atoms with E-state index in [1.165, 1.54) is 16.7 Å². The standard InChI is InChI=1S/C24H22N2/c1-17-14-18(2)16-21(15-17)24-25-22(19-10-6-4-7-11-19)23(26(24)3)20-12-8-5-9-13-20/h4-16H,1-3H3. The largest absolute Gasteiger partial charge is 0.327 e. The highest BCUT2D eigenvalue weighted by Crippen LogP contribution is 2.35. The van der Waals surface area contributed by atoms with Crippen molar-refractivity contribution >= 4 is 0 Å². The summed E-state index contributed by atoms with van der Waals surface area (Å²) in [7, 11) is 2.11. The van der Waals surface area contributed by atoms with E-state index in [1.807, 2.05) is 12.1 Å². The van der Waals surface area contributed by atoms with Crippen LogP contribution in [0.4, 0.5) is 0 Å². The molecule has 0 unspecified atom stereocenters. The number of imidazole rings is 1. The van der Waals surface area contributed by atoms with Crippen LogP contribution < -0.4 is 0 Å². The Labute approximate surface area is 154 Å². The second kappa shape index (κ2) is 6.64. The van der Waals surface area contributed by atoms with Gasteiger partial charge in [0.2, 0.25) is 0 Å². The quantitative estimate of drug-likeness (QED) is 0.445. The van der Waals surface area contributed by atoms with Crippen LogP contribution in [0.2, 0.25) is 0 Å². The molecule has 1 heterocycles. The number of hydrogen-bond acceptors (Lipinski definition) is 1. The van der Waals surface area contributed by atoms with E-state index in [0.29, 0.717) is 0 Å². The average Bonchev–Trinajstić information content (AvgIpc) is 3.00. The number of benzene rings is 3. The van der Waals surface area contributed by atoms with Crippen molar-refractivity contribution in [2.45, 2.75) is 13.8 Å². The molecule has 0 bridgehead atoms. The van der Waals surface area contributed by atoms with Crippen LogP contribution >= 0.6 is 0 Å². The molecule has 4 aromatic rings. The lowest BCUT2D eigenvalue weighted by atomic mass is 10.0. The third kappa shape index (κ3) is 2.95. The van der Waals surface area contributed by atoms with E-state index in [9.17, 15) is 0 Å². The number of aromatic nitrogens is 2. The Bertz CT molecular complexity index is 1020. The SMILES string of the molecule is Cc1cc(C)cc(-c2nc(-c3ccccc3)c(-c3ccccc3)n2C)c1. The van der Waals surface area contributed by atoms with Gasteiger partial charge in [-0.05, 0) is 26.0 Å².